The van der Waals surface area contributed by atoms with Crippen LogP contribution in [0.1, 0.15) is 32.8 Å². The second kappa shape index (κ2) is 5.94. The molecule has 0 aromatic heterocycles. The van der Waals surface area contributed by atoms with Gasteiger partial charge in [0.05, 0.1) is 6.10 Å². The van der Waals surface area contributed by atoms with Gasteiger partial charge in [0.25, 0.3) is 0 Å². The quantitative estimate of drug-likeness (QED) is 0.751. The highest BCUT2D eigenvalue weighted by molar-refractivity contribution is 6.88. The van der Waals surface area contributed by atoms with Gasteiger partial charge in [-0.05, 0) is 42.1 Å². The van der Waals surface area contributed by atoms with E-state index >= 15 is 0 Å². The van der Waals surface area contributed by atoms with E-state index in [1.54, 1.807) is 5.19 Å². The number of aryl methyl sites for hydroxylation is 1. The fourth-order valence-corrected chi connectivity index (χ4v) is 8.50. The van der Waals surface area contributed by atoms with E-state index in [0.717, 1.165) is 0 Å². The van der Waals surface area contributed by atoms with Crippen molar-refractivity contribution in [1.82, 2.24) is 0 Å². The van der Waals surface area contributed by atoms with Crippen LogP contribution >= 0.6 is 0 Å². The Bertz CT molecular complexity index is 548. The number of allylic oxidation sites excluding steroid dienone is 2. The van der Waals surface area contributed by atoms with Crippen molar-refractivity contribution < 1.29 is 4.43 Å². The lowest BCUT2D eigenvalue weighted by Crippen LogP contribution is -2.58. The molecule has 2 atom stereocenters. The maximum Gasteiger partial charge on any atom is 0.227 e. The Hall–Kier alpha value is -1.12. The van der Waals surface area contributed by atoms with Gasteiger partial charge in [0.15, 0.2) is 0 Å². The molecule has 0 radical (unpaired) electrons. The molecule has 0 amide bonds. The molecule has 21 heavy (non-hydrogen) atoms. The van der Waals surface area contributed by atoms with Gasteiger partial charge in [-0.3, -0.25) is 0 Å². The summed E-state index contributed by atoms with van der Waals surface area (Å²) in [6, 6.07) is 10.3. The number of hydrogen-bond donors (Lipinski definition) is 0. The Balaban J connectivity index is 1.94. The largest absolute Gasteiger partial charge is 0.409 e. The van der Waals surface area contributed by atoms with Crippen molar-refractivity contribution in [3.8, 4) is 0 Å². The van der Waals surface area contributed by atoms with E-state index in [1.165, 1.54) is 24.4 Å². The second-order valence-electron chi connectivity index (χ2n) is 6.73. The molecule has 112 valence electrons. The van der Waals surface area contributed by atoms with Gasteiger partial charge < -0.3 is 4.43 Å². The minimum Gasteiger partial charge on any atom is -0.409 e. The highest BCUT2D eigenvalue weighted by atomic mass is 28.4. The fourth-order valence-electron chi connectivity index (χ4n) is 3.86. The van der Waals surface area contributed by atoms with Crippen LogP contribution in [0.3, 0.4) is 0 Å². The van der Waals surface area contributed by atoms with E-state index in [4.69, 9.17) is 4.43 Å². The molecule has 1 aliphatic heterocycles. The molecule has 1 aliphatic carbocycles. The van der Waals surface area contributed by atoms with Crippen LogP contribution in [0.25, 0.3) is 0 Å². The molecule has 0 unspecified atom stereocenters. The molecular weight excluding hydrogens is 272 g/mol. The van der Waals surface area contributed by atoms with Crippen LogP contribution in [-0.2, 0) is 10.8 Å². The molecule has 2 heteroatoms. The third kappa shape index (κ3) is 2.67. The fraction of sp³-hybridized carbons (Fsp3) is 0.474. The summed E-state index contributed by atoms with van der Waals surface area (Å²) in [5, 5.41) is 1.56. The van der Waals surface area contributed by atoms with E-state index < -0.39 is 8.32 Å². The van der Waals surface area contributed by atoms with Crippen molar-refractivity contribution in [2.24, 2.45) is 5.92 Å². The van der Waals surface area contributed by atoms with Crippen molar-refractivity contribution in [3.05, 3.63) is 54.1 Å². The number of fused-ring (bicyclic) bond motifs is 1. The summed E-state index contributed by atoms with van der Waals surface area (Å²) in [6.45, 7) is 6.97. The summed E-state index contributed by atoms with van der Waals surface area (Å²) >= 11 is 0. The highest BCUT2D eigenvalue weighted by Gasteiger charge is 2.45. The van der Waals surface area contributed by atoms with Gasteiger partial charge in [-0.15, -0.1) is 0 Å². The van der Waals surface area contributed by atoms with Gasteiger partial charge in [-0.1, -0.05) is 62.4 Å². The van der Waals surface area contributed by atoms with Gasteiger partial charge in [0.1, 0.15) is 0 Å². The van der Waals surface area contributed by atoms with E-state index in [1.807, 2.05) is 0 Å². The lowest BCUT2D eigenvalue weighted by Gasteiger charge is -2.42. The summed E-state index contributed by atoms with van der Waals surface area (Å²) in [7, 11) is -1.88. The Kier molecular flexibility index (Phi) is 4.18. The zero-order valence-electron chi connectivity index (χ0n) is 13.4. The standard InChI is InChI=1S/C19H26OSi/c1-15(2)21(20-16(3)17-9-4-5-10-17)14-8-12-18-11-6-7-13-19(18)21/h4-7,9-11,13,15-17H,8,12,14H2,1-3H3/t16-,21-/m1/s1. The normalized spacial score (nSPS) is 26.3. The summed E-state index contributed by atoms with van der Waals surface area (Å²) in [6.07, 6.45) is 11.6. The van der Waals surface area contributed by atoms with E-state index in [0.29, 0.717) is 11.5 Å². The molecule has 0 N–H and O–H groups in total. The average molecular weight is 299 g/mol. The second-order valence-corrected chi connectivity index (χ2v) is 10.9. The third-order valence-electron chi connectivity index (χ3n) is 5.12. The van der Waals surface area contributed by atoms with Gasteiger partial charge >= 0.3 is 0 Å². The molecule has 1 aromatic rings. The number of hydrogen-bond acceptors (Lipinski definition) is 1. The summed E-state index contributed by atoms with van der Waals surface area (Å²) in [5.74, 6) is 0.446. The van der Waals surface area contributed by atoms with Crippen LogP contribution in [0.5, 0.6) is 0 Å². The SMILES string of the molecule is CC(C)[Si@]1(O[C@H](C)C2C=CC=C2)CCCc2ccccc21. The molecule has 0 bridgehead atoms. The molecule has 1 heterocycles. The van der Waals surface area contributed by atoms with E-state index in [2.05, 4.69) is 69.3 Å². The zero-order chi connectivity index (χ0) is 14.9. The van der Waals surface area contributed by atoms with Crippen molar-refractivity contribution in [2.45, 2.75) is 51.3 Å². The Morgan fingerprint density at radius 2 is 1.81 bits per heavy atom. The van der Waals surface area contributed by atoms with Crippen molar-refractivity contribution in [3.63, 3.8) is 0 Å². The minimum atomic E-state index is -1.88. The van der Waals surface area contributed by atoms with Crippen LogP contribution in [-0.4, -0.2) is 14.4 Å². The molecule has 3 rings (SSSR count). The molecule has 0 saturated carbocycles. The number of rotatable bonds is 4. The Morgan fingerprint density at radius 3 is 2.52 bits per heavy atom. The highest BCUT2D eigenvalue weighted by Crippen LogP contribution is 2.35. The molecule has 0 fully saturated rings. The predicted octanol–water partition coefficient (Wildman–Crippen LogP) is 4.34. The van der Waals surface area contributed by atoms with Gasteiger partial charge in [0, 0.05) is 5.92 Å². The van der Waals surface area contributed by atoms with Gasteiger partial charge in [-0.2, -0.15) is 0 Å². The smallest absolute Gasteiger partial charge is 0.227 e. The Morgan fingerprint density at radius 1 is 1.10 bits per heavy atom. The van der Waals surface area contributed by atoms with Crippen LogP contribution in [0.2, 0.25) is 11.6 Å². The topological polar surface area (TPSA) is 9.23 Å². The van der Waals surface area contributed by atoms with Crippen LogP contribution in [0.4, 0.5) is 0 Å². The summed E-state index contributed by atoms with van der Waals surface area (Å²) in [4.78, 5) is 0. The zero-order valence-corrected chi connectivity index (χ0v) is 14.4. The maximum atomic E-state index is 6.89. The van der Waals surface area contributed by atoms with Gasteiger partial charge in [0.2, 0.25) is 8.32 Å². The minimum absolute atomic E-state index is 0.278. The van der Waals surface area contributed by atoms with Crippen LogP contribution in [0, 0.1) is 5.92 Å². The van der Waals surface area contributed by atoms with Crippen LogP contribution in [0.15, 0.2) is 48.6 Å². The molecule has 1 aromatic carbocycles. The monoisotopic (exact) mass is 298 g/mol. The Labute approximate surface area is 129 Å². The average Bonchev–Trinajstić information content (AvgIpc) is 3.01. The molecule has 0 saturated heterocycles. The van der Waals surface area contributed by atoms with E-state index in [-0.39, 0.29) is 6.10 Å². The lowest BCUT2D eigenvalue weighted by molar-refractivity contribution is 0.181. The predicted molar refractivity (Wildman–Crippen MR) is 92.4 cm³/mol. The first kappa shape index (κ1) is 14.8. The first-order valence-corrected chi connectivity index (χ1v) is 10.4. The molecule has 0 spiro atoms. The number of benzene rings is 1. The first-order valence-electron chi connectivity index (χ1n) is 8.25. The van der Waals surface area contributed by atoms with Crippen LogP contribution < -0.4 is 5.19 Å². The molecule has 2 aliphatic rings. The molecular formula is C19H26OSi. The van der Waals surface area contributed by atoms with Crippen molar-refractivity contribution in [2.75, 3.05) is 0 Å². The van der Waals surface area contributed by atoms with Crippen molar-refractivity contribution >= 4 is 13.5 Å². The first-order chi connectivity index (χ1) is 10.1. The van der Waals surface area contributed by atoms with Crippen molar-refractivity contribution in [1.29, 1.82) is 0 Å². The van der Waals surface area contributed by atoms with E-state index in [9.17, 15) is 0 Å². The van der Waals surface area contributed by atoms with Gasteiger partial charge in [-0.25, -0.2) is 0 Å². The lowest BCUT2D eigenvalue weighted by atomic mass is 10.1. The summed E-state index contributed by atoms with van der Waals surface area (Å²) in [5.41, 5.74) is 2.16. The third-order valence-corrected chi connectivity index (χ3v) is 10.3. The molecule has 1 nitrogen and oxygen atoms in total. The maximum absolute atomic E-state index is 6.89. The summed E-state index contributed by atoms with van der Waals surface area (Å²) < 4.78 is 6.89.